The van der Waals surface area contributed by atoms with E-state index in [1.165, 1.54) is 0 Å². The van der Waals surface area contributed by atoms with Crippen LogP contribution >= 0.6 is 0 Å². The second-order valence-corrected chi connectivity index (χ2v) is 3.83. The lowest BCUT2D eigenvalue weighted by Crippen LogP contribution is -2.39. The van der Waals surface area contributed by atoms with Gasteiger partial charge in [-0.25, -0.2) is 0 Å². The molecule has 0 fully saturated rings. The molecule has 0 aromatic carbocycles. The maximum absolute atomic E-state index is 5.69. The van der Waals surface area contributed by atoms with Crippen molar-refractivity contribution >= 4 is 0 Å². The fourth-order valence-corrected chi connectivity index (χ4v) is 1.06. The van der Waals surface area contributed by atoms with E-state index in [1.807, 2.05) is 6.08 Å². The van der Waals surface area contributed by atoms with Crippen molar-refractivity contribution in [3.8, 4) is 0 Å². The van der Waals surface area contributed by atoms with Gasteiger partial charge in [0, 0.05) is 18.1 Å². The molecule has 1 aliphatic heterocycles. The zero-order valence-electron chi connectivity index (χ0n) is 6.96. The number of nitrogens with zero attached hydrogens (tertiary/aromatic N) is 1. The van der Waals surface area contributed by atoms with Crippen molar-refractivity contribution < 1.29 is 0 Å². The molecule has 2 heteroatoms. The molecular formula is C8H16N2. The summed E-state index contributed by atoms with van der Waals surface area (Å²) in [4.78, 5) is 2.26. The lowest BCUT2D eigenvalue weighted by molar-refractivity contribution is 0.217. The average molecular weight is 140 g/mol. The van der Waals surface area contributed by atoms with Crippen LogP contribution in [0.1, 0.15) is 20.8 Å². The fourth-order valence-electron chi connectivity index (χ4n) is 1.06. The Morgan fingerprint density at radius 2 is 2.10 bits per heavy atom. The molecule has 1 atom stereocenters. The van der Waals surface area contributed by atoms with Crippen molar-refractivity contribution in [2.24, 2.45) is 5.73 Å². The Bertz CT molecular complexity index is 144. The van der Waals surface area contributed by atoms with Crippen molar-refractivity contribution in [3.63, 3.8) is 0 Å². The minimum Gasteiger partial charge on any atom is -0.371 e. The molecule has 58 valence electrons. The highest BCUT2D eigenvalue weighted by molar-refractivity contribution is 5.04. The van der Waals surface area contributed by atoms with E-state index in [1.54, 1.807) is 0 Å². The van der Waals surface area contributed by atoms with Gasteiger partial charge in [0.2, 0.25) is 0 Å². The van der Waals surface area contributed by atoms with E-state index in [0.29, 0.717) is 0 Å². The van der Waals surface area contributed by atoms with Gasteiger partial charge in [0.25, 0.3) is 0 Å². The first kappa shape index (κ1) is 7.61. The lowest BCUT2D eigenvalue weighted by Gasteiger charge is -2.32. The van der Waals surface area contributed by atoms with Crippen molar-refractivity contribution in [2.75, 3.05) is 6.54 Å². The first-order chi connectivity index (χ1) is 4.50. The Morgan fingerprint density at radius 1 is 1.50 bits per heavy atom. The summed E-state index contributed by atoms with van der Waals surface area (Å²) in [6, 6.07) is 0.235. The third kappa shape index (κ3) is 1.51. The molecule has 0 bridgehead atoms. The Balaban J connectivity index is 2.55. The Hall–Kier alpha value is -0.500. The molecule has 1 rings (SSSR count). The average Bonchev–Trinajstić information content (AvgIpc) is 2.11. The third-order valence-electron chi connectivity index (χ3n) is 1.78. The number of nitrogens with two attached hydrogens (primary N) is 1. The van der Waals surface area contributed by atoms with E-state index in [0.717, 1.165) is 6.54 Å². The second-order valence-electron chi connectivity index (χ2n) is 3.83. The quantitative estimate of drug-likeness (QED) is 0.542. The predicted octanol–water partition coefficient (Wildman–Crippen LogP) is 0.942. The summed E-state index contributed by atoms with van der Waals surface area (Å²) in [5, 5.41) is 0. The third-order valence-corrected chi connectivity index (χ3v) is 1.78. The Kier molecular flexibility index (Phi) is 1.73. The molecule has 2 N–H and O–H groups in total. The van der Waals surface area contributed by atoms with Gasteiger partial charge in [-0.05, 0) is 27.0 Å². The maximum Gasteiger partial charge on any atom is 0.0419 e. The highest BCUT2D eigenvalue weighted by atomic mass is 15.2. The topological polar surface area (TPSA) is 29.3 Å². The highest BCUT2D eigenvalue weighted by Crippen LogP contribution is 2.17. The highest BCUT2D eigenvalue weighted by Gasteiger charge is 2.22. The summed E-state index contributed by atoms with van der Waals surface area (Å²) in [6.45, 7) is 7.53. The lowest BCUT2D eigenvalue weighted by atomic mass is 10.1. The molecule has 0 aliphatic carbocycles. The molecule has 0 spiro atoms. The van der Waals surface area contributed by atoms with Gasteiger partial charge in [-0.3, -0.25) is 0 Å². The van der Waals surface area contributed by atoms with Gasteiger partial charge in [0.05, 0.1) is 0 Å². The van der Waals surface area contributed by atoms with Gasteiger partial charge in [0.1, 0.15) is 0 Å². The molecule has 1 aliphatic rings. The molecule has 1 unspecified atom stereocenters. The van der Waals surface area contributed by atoms with Crippen LogP contribution in [0.5, 0.6) is 0 Å². The molecule has 0 saturated heterocycles. The minimum absolute atomic E-state index is 0.227. The molecule has 0 aromatic rings. The van der Waals surface area contributed by atoms with E-state index >= 15 is 0 Å². The van der Waals surface area contributed by atoms with Gasteiger partial charge in [-0.2, -0.15) is 0 Å². The van der Waals surface area contributed by atoms with Crippen LogP contribution in [0.2, 0.25) is 0 Å². The van der Waals surface area contributed by atoms with Crippen LogP contribution in [0.3, 0.4) is 0 Å². The van der Waals surface area contributed by atoms with Crippen molar-refractivity contribution in [2.45, 2.75) is 32.4 Å². The number of hydrogen-bond acceptors (Lipinski definition) is 2. The molecule has 10 heavy (non-hydrogen) atoms. The minimum atomic E-state index is 0.227. The molecule has 0 radical (unpaired) electrons. The van der Waals surface area contributed by atoms with E-state index in [4.69, 9.17) is 5.73 Å². The molecule has 2 nitrogen and oxygen atoms in total. The van der Waals surface area contributed by atoms with Crippen LogP contribution in [0.25, 0.3) is 0 Å². The zero-order valence-corrected chi connectivity index (χ0v) is 6.96. The molecule has 1 heterocycles. The van der Waals surface area contributed by atoms with Crippen LogP contribution in [-0.4, -0.2) is 23.0 Å². The summed E-state index contributed by atoms with van der Waals surface area (Å²) >= 11 is 0. The van der Waals surface area contributed by atoms with Gasteiger partial charge in [0.15, 0.2) is 0 Å². The Labute approximate surface area is 62.7 Å². The van der Waals surface area contributed by atoms with Crippen molar-refractivity contribution in [1.29, 1.82) is 0 Å². The Morgan fingerprint density at radius 3 is 2.30 bits per heavy atom. The SMILES string of the molecule is CC(C)(C)N1C=CC(N)C1. The van der Waals surface area contributed by atoms with Crippen LogP contribution in [0.4, 0.5) is 0 Å². The number of rotatable bonds is 0. The molecule has 0 saturated carbocycles. The van der Waals surface area contributed by atoms with Crippen LogP contribution in [0.15, 0.2) is 12.3 Å². The molecule has 0 aromatic heterocycles. The van der Waals surface area contributed by atoms with Gasteiger partial charge in [-0.15, -0.1) is 0 Å². The monoisotopic (exact) mass is 140 g/mol. The van der Waals surface area contributed by atoms with E-state index in [2.05, 4.69) is 31.9 Å². The fraction of sp³-hybridized carbons (Fsp3) is 0.750. The van der Waals surface area contributed by atoms with Gasteiger partial charge in [-0.1, -0.05) is 6.08 Å². The molecular weight excluding hydrogens is 124 g/mol. The van der Waals surface area contributed by atoms with Crippen LogP contribution in [0, 0.1) is 0 Å². The molecule has 0 amide bonds. The summed E-state index contributed by atoms with van der Waals surface area (Å²) in [5.41, 5.74) is 5.92. The predicted molar refractivity (Wildman–Crippen MR) is 43.6 cm³/mol. The van der Waals surface area contributed by atoms with Crippen molar-refractivity contribution in [1.82, 2.24) is 4.90 Å². The number of hydrogen-bond donors (Lipinski definition) is 1. The largest absolute Gasteiger partial charge is 0.371 e. The maximum atomic E-state index is 5.69. The van der Waals surface area contributed by atoms with E-state index in [-0.39, 0.29) is 11.6 Å². The summed E-state index contributed by atoms with van der Waals surface area (Å²) < 4.78 is 0. The zero-order chi connectivity index (χ0) is 7.78. The van der Waals surface area contributed by atoms with Crippen molar-refractivity contribution in [3.05, 3.63) is 12.3 Å². The second kappa shape index (κ2) is 2.27. The summed E-state index contributed by atoms with van der Waals surface area (Å²) in [6.07, 6.45) is 4.13. The summed E-state index contributed by atoms with van der Waals surface area (Å²) in [7, 11) is 0. The smallest absolute Gasteiger partial charge is 0.0419 e. The van der Waals surface area contributed by atoms with Crippen LogP contribution in [-0.2, 0) is 0 Å². The normalized spacial score (nSPS) is 26.0. The van der Waals surface area contributed by atoms with E-state index < -0.39 is 0 Å². The van der Waals surface area contributed by atoms with Gasteiger partial charge < -0.3 is 10.6 Å². The standard InChI is InChI=1S/C8H16N2/c1-8(2,3)10-5-4-7(9)6-10/h4-5,7H,6,9H2,1-3H3. The summed E-state index contributed by atoms with van der Waals surface area (Å²) in [5.74, 6) is 0. The first-order valence-corrected chi connectivity index (χ1v) is 3.71. The van der Waals surface area contributed by atoms with Crippen LogP contribution < -0.4 is 5.73 Å². The van der Waals surface area contributed by atoms with E-state index in [9.17, 15) is 0 Å². The first-order valence-electron chi connectivity index (χ1n) is 3.71. The van der Waals surface area contributed by atoms with Gasteiger partial charge >= 0.3 is 0 Å².